The summed E-state index contributed by atoms with van der Waals surface area (Å²) >= 11 is 0. The van der Waals surface area contributed by atoms with Gasteiger partial charge in [-0.15, -0.1) is 0 Å². The second-order valence-electron chi connectivity index (χ2n) is 5.51. The van der Waals surface area contributed by atoms with Gasteiger partial charge in [-0.1, -0.05) is 42.5 Å². The van der Waals surface area contributed by atoms with E-state index in [4.69, 9.17) is 4.74 Å². The molecule has 3 nitrogen and oxygen atoms in total. The smallest absolute Gasteiger partial charge is 0.121 e. The van der Waals surface area contributed by atoms with Gasteiger partial charge in [0.2, 0.25) is 0 Å². The summed E-state index contributed by atoms with van der Waals surface area (Å²) in [7, 11) is 1.93. The zero-order chi connectivity index (χ0) is 15.3. The Hall–Kier alpha value is -1.84. The first-order valence-corrected chi connectivity index (χ1v) is 7.21. The normalized spacial score (nSPS) is 15.2. The van der Waals surface area contributed by atoms with Crippen molar-refractivity contribution in [3.8, 4) is 5.75 Å². The van der Waals surface area contributed by atoms with E-state index in [2.05, 4.69) is 18.3 Å². The molecule has 0 aliphatic heterocycles. The van der Waals surface area contributed by atoms with Gasteiger partial charge in [-0.25, -0.2) is 0 Å². The molecule has 2 atom stereocenters. The maximum atomic E-state index is 10.5. The van der Waals surface area contributed by atoms with Crippen LogP contribution in [0.25, 0.3) is 0 Å². The zero-order valence-corrected chi connectivity index (χ0v) is 12.8. The van der Waals surface area contributed by atoms with Crippen molar-refractivity contribution in [1.29, 1.82) is 0 Å². The molecule has 2 aromatic carbocycles. The maximum Gasteiger partial charge on any atom is 0.121 e. The average Bonchev–Trinajstić information content (AvgIpc) is 2.53. The van der Waals surface area contributed by atoms with Gasteiger partial charge in [-0.2, -0.15) is 0 Å². The SMILES string of the molecule is CNC(C)c1cccc(OCC(C)(O)c2ccccc2)c1. The minimum Gasteiger partial charge on any atom is -0.490 e. The van der Waals surface area contributed by atoms with Crippen molar-refractivity contribution in [1.82, 2.24) is 5.32 Å². The Kier molecular flexibility index (Phi) is 4.99. The molecule has 2 aromatic rings. The summed E-state index contributed by atoms with van der Waals surface area (Å²) in [6.45, 7) is 4.08. The van der Waals surface area contributed by atoms with Crippen LogP contribution in [0.5, 0.6) is 5.75 Å². The summed E-state index contributed by atoms with van der Waals surface area (Å²) in [5, 5.41) is 13.7. The first-order chi connectivity index (χ1) is 10.0. The summed E-state index contributed by atoms with van der Waals surface area (Å²) in [4.78, 5) is 0. The number of benzene rings is 2. The van der Waals surface area contributed by atoms with E-state index < -0.39 is 5.60 Å². The van der Waals surface area contributed by atoms with Gasteiger partial charge in [-0.05, 0) is 44.2 Å². The summed E-state index contributed by atoms with van der Waals surface area (Å²) in [6.07, 6.45) is 0. The Balaban J connectivity index is 2.06. The molecule has 3 heteroatoms. The Bertz CT molecular complexity index is 566. The molecule has 2 rings (SSSR count). The molecule has 0 fully saturated rings. The predicted octanol–water partition coefficient (Wildman–Crippen LogP) is 3.25. The molecule has 0 spiro atoms. The molecule has 21 heavy (non-hydrogen) atoms. The molecular formula is C18H23NO2. The van der Waals surface area contributed by atoms with Gasteiger partial charge in [0.15, 0.2) is 0 Å². The zero-order valence-electron chi connectivity index (χ0n) is 12.8. The van der Waals surface area contributed by atoms with Gasteiger partial charge in [0.1, 0.15) is 18.0 Å². The van der Waals surface area contributed by atoms with Gasteiger partial charge in [-0.3, -0.25) is 0 Å². The van der Waals surface area contributed by atoms with E-state index in [-0.39, 0.29) is 12.6 Å². The van der Waals surface area contributed by atoms with E-state index in [9.17, 15) is 5.11 Å². The van der Waals surface area contributed by atoms with Crippen LogP contribution in [0.1, 0.15) is 31.0 Å². The molecule has 0 aliphatic carbocycles. The largest absolute Gasteiger partial charge is 0.490 e. The molecule has 0 aliphatic rings. The fourth-order valence-electron chi connectivity index (χ4n) is 2.14. The van der Waals surface area contributed by atoms with Crippen molar-refractivity contribution in [3.63, 3.8) is 0 Å². The number of hydrogen-bond donors (Lipinski definition) is 2. The molecular weight excluding hydrogens is 262 g/mol. The minimum atomic E-state index is -1.01. The van der Waals surface area contributed by atoms with Crippen LogP contribution in [0.15, 0.2) is 54.6 Å². The number of rotatable bonds is 6. The standard InChI is InChI=1S/C18H23NO2/c1-14(19-3)15-8-7-11-17(12-15)21-13-18(2,20)16-9-5-4-6-10-16/h4-12,14,19-20H,13H2,1-3H3. The molecule has 0 amide bonds. The quantitative estimate of drug-likeness (QED) is 0.856. The highest BCUT2D eigenvalue weighted by Gasteiger charge is 2.23. The van der Waals surface area contributed by atoms with Crippen LogP contribution in [0.2, 0.25) is 0 Å². The molecule has 112 valence electrons. The molecule has 0 saturated heterocycles. The van der Waals surface area contributed by atoms with E-state index >= 15 is 0 Å². The highest BCUT2D eigenvalue weighted by molar-refractivity contribution is 5.31. The van der Waals surface area contributed by atoms with Gasteiger partial charge < -0.3 is 15.2 Å². The van der Waals surface area contributed by atoms with Crippen molar-refractivity contribution in [2.45, 2.75) is 25.5 Å². The number of nitrogens with one attached hydrogen (secondary N) is 1. The van der Waals surface area contributed by atoms with Crippen LogP contribution in [-0.4, -0.2) is 18.8 Å². The fraction of sp³-hybridized carbons (Fsp3) is 0.333. The number of hydrogen-bond acceptors (Lipinski definition) is 3. The second-order valence-corrected chi connectivity index (χ2v) is 5.51. The second kappa shape index (κ2) is 6.74. The molecule has 0 heterocycles. The van der Waals surface area contributed by atoms with Crippen molar-refractivity contribution < 1.29 is 9.84 Å². The molecule has 2 N–H and O–H groups in total. The summed E-state index contributed by atoms with van der Waals surface area (Å²) in [6, 6.07) is 17.8. The molecule has 0 aromatic heterocycles. The van der Waals surface area contributed by atoms with Gasteiger partial charge in [0.05, 0.1) is 0 Å². The van der Waals surface area contributed by atoms with E-state index in [0.29, 0.717) is 0 Å². The third-order valence-corrected chi connectivity index (χ3v) is 3.71. The van der Waals surface area contributed by atoms with Crippen molar-refractivity contribution in [3.05, 3.63) is 65.7 Å². The lowest BCUT2D eigenvalue weighted by molar-refractivity contribution is 0.00757. The van der Waals surface area contributed by atoms with Crippen molar-refractivity contribution >= 4 is 0 Å². The Labute approximate surface area is 126 Å². The average molecular weight is 285 g/mol. The Morgan fingerprint density at radius 2 is 1.86 bits per heavy atom. The topological polar surface area (TPSA) is 41.5 Å². The third-order valence-electron chi connectivity index (χ3n) is 3.71. The van der Waals surface area contributed by atoms with Crippen molar-refractivity contribution in [2.75, 3.05) is 13.7 Å². The summed E-state index contributed by atoms with van der Waals surface area (Å²) in [5.74, 6) is 0.769. The highest BCUT2D eigenvalue weighted by Crippen LogP contribution is 2.24. The minimum absolute atomic E-state index is 0.217. The third kappa shape index (κ3) is 4.06. The molecule has 0 saturated carbocycles. The van der Waals surface area contributed by atoms with E-state index in [1.165, 1.54) is 0 Å². The van der Waals surface area contributed by atoms with E-state index in [1.807, 2.05) is 55.6 Å². The van der Waals surface area contributed by atoms with E-state index in [1.54, 1.807) is 6.92 Å². The first-order valence-electron chi connectivity index (χ1n) is 7.21. The Morgan fingerprint density at radius 1 is 1.14 bits per heavy atom. The van der Waals surface area contributed by atoms with Gasteiger partial charge >= 0.3 is 0 Å². The predicted molar refractivity (Wildman–Crippen MR) is 85.4 cm³/mol. The molecule has 0 bridgehead atoms. The lowest BCUT2D eigenvalue weighted by Gasteiger charge is -2.24. The van der Waals surface area contributed by atoms with E-state index in [0.717, 1.165) is 16.9 Å². The summed E-state index contributed by atoms with van der Waals surface area (Å²) < 4.78 is 5.78. The summed E-state index contributed by atoms with van der Waals surface area (Å²) in [5.41, 5.74) is 1.01. The first kappa shape index (κ1) is 15.5. The Morgan fingerprint density at radius 3 is 2.52 bits per heavy atom. The maximum absolute atomic E-state index is 10.5. The lowest BCUT2D eigenvalue weighted by atomic mass is 9.97. The van der Waals surface area contributed by atoms with Gasteiger partial charge in [0.25, 0.3) is 0 Å². The van der Waals surface area contributed by atoms with Crippen LogP contribution in [-0.2, 0) is 5.60 Å². The number of aliphatic hydroxyl groups is 1. The van der Waals surface area contributed by atoms with Crippen LogP contribution >= 0.6 is 0 Å². The van der Waals surface area contributed by atoms with Crippen LogP contribution in [0.4, 0.5) is 0 Å². The van der Waals surface area contributed by atoms with Crippen LogP contribution in [0, 0.1) is 0 Å². The lowest BCUT2D eigenvalue weighted by Crippen LogP contribution is -2.29. The molecule has 2 unspecified atom stereocenters. The fourth-order valence-corrected chi connectivity index (χ4v) is 2.14. The number of ether oxygens (including phenoxy) is 1. The van der Waals surface area contributed by atoms with Crippen LogP contribution < -0.4 is 10.1 Å². The molecule has 0 radical (unpaired) electrons. The van der Waals surface area contributed by atoms with Crippen molar-refractivity contribution in [2.24, 2.45) is 0 Å². The van der Waals surface area contributed by atoms with Crippen LogP contribution in [0.3, 0.4) is 0 Å². The highest BCUT2D eigenvalue weighted by atomic mass is 16.5. The van der Waals surface area contributed by atoms with Gasteiger partial charge in [0, 0.05) is 6.04 Å². The monoisotopic (exact) mass is 285 g/mol.